The van der Waals surface area contributed by atoms with E-state index in [0.29, 0.717) is 18.7 Å². The van der Waals surface area contributed by atoms with Crippen LogP contribution in [0.5, 0.6) is 0 Å². The summed E-state index contributed by atoms with van der Waals surface area (Å²) in [5.41, 5.74) is 1.66. The Labute approximate surface area is 143 Å². The molecule has 2 aromatic rings. The second-order valence-corrected chi connectivity index (χ2v) is 7.22. The first-order valence-corrected chi connectivity index (χ1v) is 9.29. The molecule has 2 aromatic carbocycles. The highest BCUT2D eigenvalue weighted by molar-refractivity contribution is 7.89. The fourth-order valence-electron chi connectivity index (χ4n) is 2.38. The van der Waals surface area contributed by atoms with Crippen molar-refractivity contribution in [3.63, 3.8) is 0 Å². The fraction of sp³-hybridized carbons (Fsp3) is 0.278. The van der Waals surface area contributed by atoms with E-state index in [1.807, 2.05) is 37.3 Å². The molecule has 128 valence electrons. The number of hydrogen-bond acceptors (Lipinski definition) is 3. The summed E-state index contributed by atoms with van der Waals surface area (Å²) in [6, 6.07) is 16.3. The van der Waals surface area contributed by atoms with Gasteiger partial charge in [0.2, 0.25) is 15.9 Å². The van der Waals surface area contributed by atoms with Gasteiger partial charge >= 0.3 is 0 Å². The van der Waals surface area contributed by atoms with Gasteiger partial charge in [0.1, 0.15) is 0 Å². The largest absolute Gasteiger partial charge is 0.338 e. The van der Waals surface area contributed by atoms with E-state index in [0.717, 1.165) is 5.56 Å². The van der Waals surface area contributed by atoms with Crippen molar-refractivity contribution in [2.24, 2.45) is 0 Å². The highest BCUT2D eigenvalue weighted by Crippen LogP contribution is 2.13. The Balaban J connectivity index is 2.02. The first-order valence-electron chi connectivity index (χ1n) is 7.81. The number of aryl methyl sites for hydroxylation is 1. The number of sulfonamides is 1. The molecule has 1 amide bonds. The topological polar surface area (TPSA) is 66.5 Å². The van der Waals surface area contributed by atoms with Crippen molar-refractivity contribution in [3.8, 4) is 0 Å². The zero-order valence-electron chi connectivity index (χ0n) is 13.9. The number of carbonyl (C=O) groups excluding carboxylic acids is 1. The molecule has 0 spiro atoms. The summed E-state index contributed by atoms with van der Waals surface area (Å²) in [6.07, 6.45) is 0. The lowest BCUT2D eigenvalue weighted by Crippen LogP contribution is -2.39. The van der Waals surface area contributed by atoms with Gasteiger partial charge in [-0.1, -0.05) is 48.5 Å². The van der Waals surface area contributed by atoms with Gasteiger partial charge in [-0.25, -0.2) is 13.1 Å². The summed E-state index contributed by atoms with van der Waals surface area (Å²) in [4.78, 5) is 14.2. The van der Waals surface area contributed by atoms with Crippen LogP contribution in [0.3, 0.4) is 0 Å². The molecule has 0 aliphatic carbocycles. The van der Waals surface area contributed by atoms with E-state index in [1.165, 1.54) is 6.07 Å². The molecule has 0 saturated heterocycles. The van der Waals surface area contributed by atoms with E-state index in [4.69, 9.17) is 0 Å². The third-order valence-corrected chi connectivity index (χ3v) is 5.31. The summed E-state index contributed by atoms with van der Waals surface area (Å²) in [5, 5.41) is 0. The Kier molecular flexibility index (Phi) is 6.11. The highest BCUT2D eigenvalue weighted by atomic mass is 32.2. The lowest BCUT2D eigenvalue weighted by Gasteiger charge is -2.21. The summed E-state index contributed by atoms with van der Waals surface area (Å²) >= 11 is 0. The Bertz CT molecular complexity index is 789. The molecule has 24 heavy (non-hydrogen) atoms. The minimum atomic E-state index is -3.70. The number of rotatable bonds is 7. The summed E-state index contributed by atoms with van der Waals surface area (Å²) in [6.45, 7) is 4.32. The standard InChI is InChI=1S/C18H22N2O3S/c1-3-20(14-16-10-5-4-6-11-16)18(21)13-19-24(22,23)17-12-8-7-9-15(17)2/h4-12,19H,3,13-14H2,1-2H3. The van der Waals surface area contributed by atoms with Crippen LogP contribution in [0.1, 0.15) is 18.1 Å². The average molecular weight is 346 g/mol. The first-order chi connectivity index (χ1) is 11.4. The maximum absolute atomic E-state index is 12.3. The van der Waals surface area contributed by atoms with Crippen LogP contribution in [0.15, 0.2) is 59.5 Å². The van der Waals surface area contributed by atoms with Gasteiger partial charge in [0.05, 0.1) is 11.4 Å². The predicted octanol–water partition coefficient (Wildman–Crippen LogP) is 2.32. The van der Waals surface area contributed by atoms with Gasteiger partial charge in [0.25, 0.3) is 0 Å². The molecule has 0 radical (unpaired) electrons. The molecule has 0 aliphatic rings. The lowest BCUT2D eigenvalue weighted by atomic mass is 10.2. The molecular weight excluding hydrogens is 324 g/mol. The van der Waals surface area contributed by atoms with E-state index in [9.17, 15) is 13.2 Å². The summed E-state index contributed by atoms with van der Waals surface area (Å²) in [7, 11) is -3.70. The monoisotopic (exact) mass is 346 g/mol. The molecule has 5 nitrogen and oxygen atoms in total. The minimum Gasteiger partial charge on any atom is -0.338 e. The molecule has 0 unspecified atom stereocenters. The van der Waals surface area contributed by atoms with Crippen molar-refractivity contribution in [3.05, 3.63) is 65.7 Å². The van der Waals surface area contributed by atoms with Crippen molar-refractivity contribution in [2.75, 3.05) is 13.1 Å². The Hall–Kier alpha value is -2.18. The molecule has 0 saturated carbocycles. The van der Waals surface area contributed by atoms with Gasteiger partial charge in [-0.15, -0.1) is 0 Å². The van der Waals surface area contributed by atoms with Crippen LogP contribution in [0.4, 0.5) is 0 Å². The normalized spacial score (nSPS) is 11.2. The molecular formula is C18H22N2O3S. The number of nitrogens with zero attached hydrogens (tertiary/aromatic N) is 1. The van der Waals surface area contributed by atoms with Gasteiger partial charge in [0.15, 0.2) is 0 Å². The molecule has 0 aliphatic heterocycles. The molecule has 0 fully saturated rings. The SMILES string of the molecule is CCN(Cc1ccccc1)C(=O)CNS(=O)(=O)c1ccccc1C. The van der Waals surface area contributed by atoms with E-state index in [1.54, 1.807) is 30.0 Å². The number of nitrogens with one attached hydrogen (secondary N) is 1. The van der Waals surface area contributed by atoms with Crippen LogP contribution < -0.4 is 4.72 Å². The second kappa shape index (κ2) is 8.08. The maximum atomic E-state index is 12.3. The van der Waals surface area contributed by atoms with E-state index < -0.39 is 10.0 Å². The number of carbonyl (C=O) groups is 1. The molecule has 0 heterocycles. The Morgan fingerprint density at radius 1 is 1.04 bits per heavy atom. The van der Waals surface area contributed by atoms with E-state index in [2.05, 4.69) is 4.72 Å². The van der Waals surface area contributed by atoms with Crippen molar-refractivity contribution in [2.45, 2.75) is 25.3 Å². The van der Waals surface area contributed by atoms with Gasteiger partial charge < -0.3 is 4.90 Å². The lowest BCUT2D eigenvalue weighted by molar-refractivity contribution is -0.130. The van der Waals surface area contributed by atoms with Crippen LogP contribution >= 0.6 is 0 Å². The first kappa shape index (κ1) is 18.2. The Morgan fingerprint density at radius 2 is 1.67 bits per heavy atom. The van der Waals surface area contributed by atoms with Crippen LogP contribution in [-0.4, -0.2) is 32.3 Å². The average Bonchev–Trinajstić information content (AvgIpc) is 2.59. The third-order valence-electron chi connectivity index (χ3n) is 3.75. The van der Waals surface area contributed by atoms with Gasteiger partial charge in [0, 0.05) is 13.1 Å². The van der Waals surface area contributed by atoms with Crippen molar-refractivity contribution < 1.29 is 13.2 Å². The molecule has 6 heteroatoms. The minimum absolute atomic E-state index is 0.198. The second-order valence-electron chi connectivity index (χ2n) is 5.48. The van der Waals surface area contributed by atoms with E-state index in [-0.39, 0.29) is 17.3 Å². The maximum Gasteiger partial charge on any atom is 0.241 e. The molecule has 2 rings (SSSR count). The Morgan fingerprint density at radius 3 is 2.29 bits per heavy atom. The van der Waals surface area contributed by atoms with Crippen LogP contribution in [0.25, 0.3) is 0 Å². The number of hydrogen-bond donors (Lipinski definition) is 1. The third kappa shape index (κ3) is 4.66. The molecule has 1 N–H and O–H groups in total. The van der Waals surface area contributed by atoms with Gasteiger partial charge in [-0.05, 0) is 31.0 Å². The quantitative estimate of drug-likeness (QED) is 0.837. The van der Waals surface area contributed by atoms with Gasteiger partial charge in [-0.3, -0.25) is 4.79 Å². The predicted molar refractivity (Wildman–Crippen MR) is 93.9 cm³/mol. The highest BCUT2D eigenvalue weighted by Gasteiger charge is 2.19. The van der Waals surface area contributed by atoms with Gasteiger partial charge in [-0.2, -0.15) is 0 Å². The van der Waals surface area contributed by atoms with E-state index >= 15 is 0 Å². The summed E-state index contributed by atoms with van der Waals surface area (Å²) in [5.74, 6) is -0.251. The van der Waals surface area contributed by atoms with Crippen molar-refractivity contribution in [1.82, 2.24) is 9.62 Å². The molecule has 0 bridgehead atoms. The smallest absolute Gasteiger partial charge is 0.241 e. The van der Waals surface area contributed by atoms with Crippen LogP contribution in [-0.2, 0) is 21.4 Å². The number of benzene rings is 2. The fourth-order valence-corrected chi connectivity index (χ4v) is 3.60. The zero-order valence-corrected chi connectivity index (χ0v) is 14.7. The number of likely N-dealkylation sites (N-methyl/N-ethyl adjacent to an activating group) is 1. The molecule has 0 aromatic heterocycles. The number of amides is 1. The van der Waals surface area contributed by atoms with Crippen LogP contribution in [0.2, 0.25) is 0 Å². The summed E-state index contributed by atoms with van der Waals surface area (Å²) < 4.78 is 27.1. The van der Waals surface area contributed by atoms with Crippen molar-refractivity contribution >= 4 is 15.9 Å². The molecule has 0 atom stereocenters. The van der Waals surface area contributed by atoms with Crippen molar-refractivity contribution in [1.29, 1.82) is 0 Å². The zero-order chi connectivity index (χ0) is 17.6. The van der Waals surface area contributed by atoms with Crippen LogP contribution in [0, 0.1) is 6.92 Å².